The summed E-state index contributed by atoms with van der Waals surface area (Å²) in [4.78, 5) is 0.0130. The van der Waals surface area contributed by atoms with Crippen molar-refractivity contribution in [3.63, 3.8) is 0 Å². The van der Waals surface area contributed by atoms with Gasteiger partial charge in [-0.25, -0.2) is 13.1 Å². The molecule has 0 fully saturated rings. The maximum Gasteiger partial charge on any atom is 0.246 e. The molecule has 1 aromatic rings. The summed E-state index contributed by atoms with van der Waals surface area (Å²) >= 11 is 0. The number of nitrogens with one attached hydrogen (secondary N) is 1. The number of nitrogens with two attached hydrogens (primary N) is 1. The minimum Gasteiger partial charge on any atom is -0.396 e. The van der Waals surface area contributed by atoms with Gasteiger partial charge in [0.1, 0.15) is 4.90 Å². The highest BCUT2D eigenvalue weighted by Gasteiger charge is 2.30. The van der Waals surface area contributed by atoms with Crippen LogP contribution in [0.2, 0.25) is 0 Å². The molecule has 0 aliphatic carbocycles. The highest BCUT2D eigenvalue weighted by atomic mass is 32.2. The first-order valence-electron chi connectivity index (χ1n) is 6.62. The number of aryl methyl sites for hydroxylation is 1. The van der Waals surface area contributed by atoms with E-state index in [2.05, 4.69) is 9.82 Å². The van der Waals surface area contributed by atoms with Gasteiger partial charge < -0.3 is 10.8 Å². The Kier molecular flexibility index (Phi) is 5.17. The SMILES string of the molecule is CCC(CC)(CO)CNS(=O)(=O)c1c(N)nn(C)c1C. The van der Waals surface area contributed by atoms with Crippen molar-refractivity contribution in [2.24, 2.45) is 12.5 Å². The Morgan fingerprint density at radius 3 is 2.30 bits per heavy atom. The highest BCUT2D eigenvalue weighted by Crippen LogP contribution is 2.26. The van der Waals surface area contributed by atoms with Crippen molar-refractivity contribution in [3.8, 4) is 0 Å². The lowest BCUT2D eigenvalue weighted by Gasteiger charge is -2.29. The van der Waals surface area contributed by atoms with Gasteiger partial charge in [-0.15, -0.1) is 0 Å². The molecule has 0 saturated carbocycles. The third-order valence-electron chi connectivity index (χ3n) is 4.05. The zero-order valence-electron chi connectivity index (χ0n) is 12.5. The molecule has 0 amide bonds. The van der Waals surface area contributed by atoms with Crippen molar-refractivity contribution >= 4 is 15.8 Å². The van der Waals surface area contributed by atoms with Gasteiger partial charge in [-0.3, -0.25) is 4.68 Å². The summed E-state index contributed by atoms with van der Waals surface area (Å²) in [5.41, 5.74) is 5.70. The molecule has 0 radical (unpaired) electrons. The Hall–Kier alpha value is -1.12. The van der Waals surface area contributed by atoms with Gasteiger partial charge >= 0.3 is 0 Å². The first kappa shape index (κ1) is 16.9. The third-order valence-corrected chi connectivity index (χ3v) is 5.61. The fraction of sp³-hybridized carbons (Fsp3) is 0.750. The lowest BCUT2D eigenvalue weighted by Crippen LogP contribution is -2.39. The third kappa shape index (κ3) is 3.13. The molecule has 116 valence electrons. The van der Waals surface area contributed by atoms with Crippen molar-refractivity contribution in [3.05, 3.63) is 5.69 Å². The van der Waals surface area contributed by atoms with Crippen LogP contribution in [-0.4, -0.2) is 36.5 Å². The molecule has 0 aliphatic rings. The monoisotopic (exact) mass is 304 g/mol. The van der Waals surface area contributed by atoms with Gasteiger partial charge in [0.15, 0.2) is 5.82 Å². The van der Waals surface area contributed by atoms with E-state index >= 15 is 0 Å². The van der Waals surface area contributed by atoms with E-state index < -0.39 is 15.4 Å². The Bertz CT molecular complexity index is 553. The van der Waals surface area contributed by atoms with E-state index in [4.69, 9.17) is 5.73 Å². The Morgan fingerprint density at radius 1 is 1.40 bits per heavy atom. The average molecular weight is 304 g/mol. The van der Waals surface area contributed by atoms with E-state index in [9.17, 15) is 13.5 Å². The van der Waals surface area contributed by atoms with Crippen LogP contribution < -0.4 is 10.5 Å². The largest absolute Gasteiger partial charge is 0.396 e. The van der Waals surface area contributed by atoms with Gasteiger partial charge in [0, 0.05) is 25.6 Å². The number of rotatable bonds is 7. The molecule has 0 saturated heterocycles. The number of hydrogen-bond acceptors (Lipinski definition) is 5. The van der Waals surface area contributed by atoms with E-state index in [1.165, 1.54) is 4.68 Å². The van der Waals surface area contributed by atoms with Crippen LogP contribution in [0, 0.1) is 12.3 Å². The van der Waals surface area contributed by atoms with Gasteiger partial charge in [0.25, 0.3) is 0 Å². The molecule has 0 spiro atoms. The second-order valence-electron chi connectivity index (χ2n) is 5.11. The predicted molar refractivity (Wildman–Crippen MR) is 77.6 cm³/mol. The van der Waals surface area contributed by atoms with E-state index in [1.807, 2.05) is 13.8 Å². The molecule has 1 rings (SSSR count). The van der Waals surface area contributed by atoms with Crippen molar-refractivity contribution in [2.75, 3.05) is 18.9 Å². The molecule has 0 atom stereocenters. The zero-order chi connectivity index (χ0) is 15.6. The van der Waals surface area contributed by atoms with Gasteiger partial charge in [-0.05, 0) is 19.8 Å². The van der Waals surface area contributed by atoms with Crippen LogP contribution in [0.3, 0.4) is 0 Å². The topological polar surface area (TPSA) is 110 Å². The second kappa shape index (κ2) is 6.11. The second-order valence-corrected chi connectivity index (χ2v) is 6.82. The van der Waals surface area contributed by atoms with E-state index in [0.717, 1.165) is 0 Å². The van der Waals surface area contributed by atoms with E-state index in [1.54, 1.807) is 14.0 Å². The standard InChI is InChI=1S/C12H24N4O3S/c1-5-12(6-2,8-17)7-14-20(18,19)10-9(3)16(4)15-11(10)13/h14,17H,5-8H2,1-4H3,(H2,13,15). The molecule has 0 unspecified atom stereocenters. The lowest BCUT2D eigenvalue weighted by atomic mass is 9.84. The van der Waals surface area contributed by atoms with Crippen LogP contribution in [0.25, 0.3) is 0 Å². The van der Waals surface area contributed by atoms with Crippen LogP contribution in [0.4, 0.5) is 5.82 Å². The molecule has 0 aromatic carbocycles. The molecule has 20 heavy (non-hydrogen) atoms. The van der Waals surface area contributed by atoms with Gasteiger partial charge in [-0.2, -0.15) is 5.10 Å². The van der Waals surface area contributed by atoms with Crippen LogP contribution in [0.5, 0.6) is 0 Å². The molecular weight excluding hydrogens is 280 g/mol. The molecule has 0 bridgehead atoms. The average Bonchev–Trinajstić information content (AvgIpc) is 2.66. The molecular formula is C12H24N4O3S. The van der Waals surface area contributed by atoms with E-state index in [-0.39, 0.29) is 23.9 Å². The first-order chi connectivity index (χ1) is 9.23. The Balaban J connectivity index is 3.02. The number of aliphatic hydroxyl groups excluding tert-OH is 1. The summed E-state index contributed by atoms with van der Waals surface area (Å²) in [5.74, 6) is -0.0138. The summed E-state index contributed by atoms with van der Waals surface area (Å²) in [7, 11) is -2.09. The van der Waals surface area contributed by atoms with Crippen molar-refractivity contribution in [2.45, 2.75) is 38.5 Å². The summed E-state index contributed by atoms with van der Waals surface area (Å²) < 4.78 is 28.7. The molecule has 8 heteroatoms. The maximum absolute atomic E-state index is 12.4. The molecule has 7 nitrogen and oxygen atoms in total. The normalized spacial score (nSPS) is 12.8. The van der Waals surface area contributed by atoms with Crippen molar-refractivity contribution < 1.29 is 13.5 Å². The van der Waals surface area contributed by atoms with Crippen LogP contribution in [0.15, 0.2) is 4.90 Å². The molecule has 1 aromatic heterocycles. The van der Waals surface area contributed by atoms with Gasteiger partial charge in [-0.1, -0.05) is 13.8 Å². The predicted octanol–water partition coefficient (Wildman–Crippen LogP) is 0.388. The highest BCUT2D eigenvalue weighted by molar-refractivity contribution is 7.89. The quantitative estimate of drug-likeness (QED) is 0.675. The summed E-state index contributed by atoms with van der Waals surface area (Å²) in [6.07, 6.45) is 1.37. The minimum absolute atomic E-state index is 0.0130. The summed E-state index contributed by atoms with van der Waals surface area (Å²) in [5, 5.41) is 13.4. The number of hydrogen-bond donors (Lipinski definition) is 3. The molecule has 4 N–H and O–H groups in total. The van der Waals surface area contributed by atoms with E-state index in [0.29, 0.717) is 18.5 Å². The number of nitrogens with zero attached hydrogens (tertiary/aromatic N) is 2. The summed E-state index contributed by atoms with van der Waals surface area (Å²) in [6, 6.07) is 0. The lowest BCUT2D eigenvalue weighted by molar-refractivity contribution is 0.119. The number of nitrogen functional groups attached to an aromatic ring is 1. The number of aliphatic hydroxyl groups is 1. The molecule has 0 aliphatic heterocycles. The van der Waals surface area contributed by atoms with Crippen LogP contribution in [-0.2, 0) is 17.1 Å². The number of anilines is 1. The van der Waals surface area contributed by atoms with Gasteiger partial charge in [0.05, 0.1) is 5.69 Å². The van der Waals surface area contributed by atoms with Crippen LogP contribution in [0.1, 0.15) is 32.4 Å². The van der Waals surface area contributed by atoms with Crippen molar-refractivity contribution in [1.29, 1.82) is 0 Å². The Labute approximate surface area is 120 Å². The van der Waals surface area contributed by atoms with Crippen molar-refractivity contribution in [1.82, 2.24) is 14.5 Å². The van der Waals surface area contributed by atoms with Crippen LogP contribution >= 0.6 is 0 Å². The zero-order valence-corrected chi connectivity index (χ0v) is 13.3. The summed E-state index contributed by atoms with van der Waals surface area (Å²) in [6.45, 7) is 5.61. The first-order valence-corrected chi connectivity index (χ1v) is 8.11. The fourth-order valence-corrected chi connectivity index (χ4v) is 3.52. The number of aromatic nitrogens is 2. The number of sulfonamides is 1. The molecule has 1 heterocycles. The minimum atomic E-state index is -3.73. The van der Waals surface area contributed by atoms with Gasteiger partial charge in [0.2, 0.25) is 10.0 Å². The Morgan fingerprint density at radius 2 is 1.95 bits per heavy atom. The fourth-order valence-electron chi connectivity index (χ4n) is 2.05. The maximum atomic E-state index is 12.4. The smallest absolute Gasteiger partial charge is 0.246 e.